The van der Waals surface area contributed by atoms with E-state index in [1.54, 1.807) is 21.3 Å². The van der Waals surface area contributed by atoms with Gasteiger partial charge >= 0.3 is 0 Å². The van der Waals surface area contributed by atoms with Gasteiger partial charge in [0, 0.05) is 13.1 Å². The number of methoxy groups -OCH3 is 3. The summed E-state index contributed by atoms with van der Waals surface area (Å²) in [7, 11) is 4.86. The first-order chi connectivity index (χ1) is 14.1. The molecule has 1 fully saturated rings. The average molecular weight is 407 g/mol. The van der Waals surface area contributed by atoms with Crippen molar-refractivity contribution < 1.29 is 14.2 Å². The highest BCUT2D eigenvalue weighted by Gasteiger charge is 2.18. The van der Waals surface area contributed by atoms with Crippen molar-refractivity contribution in [1.29, 1.82) is 0 Å². The smallest absolute Gasteiger partial charge is 0.203 e. The second-order valence-corrected chi connectivity index (χ2v) is 7.39. The van der Waals surface area contributed by atoms with Crippen molar-refractivity contribution in [3.8, 4) is 17.2 Å². The lowest BCUT2D eigenvalue weighted by Gasteiger charge is -2.32. The maximum atomic E-state index is 5.44. The molecule has 7 heteroatoms. The van der Waals surface area contributed by atoms with Gasteiger partial charge < -0.3 is 29.7 Å². The van der Waals surface area contributed by atoms with Gasteiger partial charge in [0.2, 0.25) is 5.75 Å². The van der Waals surface area contributed by atoms with Crippen molar-refractivity contribution in [1.82, 2.24) is 15.5 Å². The quantitative estimate of drug-likeness (QED) is 0.460. The van der Waals surface area contributed by atoms with Crippen LogP contribution in [0.2, 0.25) is 0 Å². The number of piperidine rings is 1. The third kappa shape index (κ3) is 6.99. The highest BCUT2D eigenvalue weighted by molar-refractivity contribution is 5.79. The molecule has 0 saturated carbocycles. The molecule has 1 saturated heterocycles. The van der Waals surface area contributed by atoms with Crippen LogP contribution >= 0.6 is 0 Å². The van der Waals surface area contributed by atoms with Crippen LogP contribution in [-0.2, 0) is 6.54 Å². The monoisotopic (exact) mass is 406 g/mol. The van der Waals surface area contributed by atoms with Crippen molar-refractivity contribution in [2.45, 2.75) is 39.7 Å². The van der Waals surface area contributed by atoms with E-state index in [1.165, 1.54) is 38.9 Å². The summed E-state index contributed by atoms with van der Waals surface area (Å²) in [6, 6.07) is 3.88. The SMILES string of the molecule is CCCN1CCC(CNC(=NCc2cc(OC)c(OC)c(OC)c2)NCC)CC1. The van der Waals surface area contributed by atoms with Gasteiger partial charge in [-0.3, -0.25) is 0 Å². The summed E-state index contributed by atoms with van der Waals surface area (Å²) < 4.78 is 16.3. The number of likely N-dealkylation sites (tertiary alicyclic amines) is 1. The van der Waals surface area contributed by atoms with E-state index in [0.29, 0.717) is 29.7 Å². The van der Waals surface area contributed by atoms with Gasteiger partial charge in [0.05, 0.1) is 27.9 Å². The Kier molecular flexibility index (Phi) is 9.91. The zero-order chi connectivity index (χ0) is 21.1. The summed E-state index contributed by atoms with van der Waals surface area (Å²) >= 11 is 0. The van der Waals surface area contributed by atoms with E-state index in [-0.39, 0.29) is 0 Å². The molecule has 1 aromatic rings. The first-order valence-electron chi connectivity index (χ1n) is 10.7. The number of guanidine groups is 1. The van der Waals surface area contributed by atoms with Gasteiger partial charge in [0.25, 0.3) is 0 Å². The fourth-order valence-corrected chi connectivity index (χ4v) is 3.71. The number of ether oxygens (including phenoxy) is 3. The number of nitrogens with one attached hydrogen (secondary N) is 2. The number of aliphatic imine (C=N–C) groups is 1. The van der Waals surface area contributed by atoms with Crippen LogP contribution in [0.3, 0.4) is 0 Å². The van der Waals surface area contributed by atoms with Crippen molar-refractivity contribution in [2.24, 2.45) is 10.9 Å². The summed E-state index contributed by atoms with van der Waals surface area (Å²) in [5.74, 6) is 3.44. The molecule has 0 radical (unpaired) electrons. The summed E-state index contributed by atoms with van der Waals surface area (Å²) in [5, 5.41) is 6.86. The van der Waals surface area contributed by atoms with Crippen molar-refractivity contribution in [3.05, 3.63) is 17.7 Å². The molecule has 0 bridgehead atoms. The number of hydrogen-bond donors (Lipinski definition) is 2. The molecular weight excluding hydrogens is 368 g/mol. The summed E-state index contributed by atoms with van der Waals surface area (Å²) in [6.07, 6.45) is 3.74. The van der Waals surface area contributed by atoms with Gasteiger partial charge in [-0.15, -0.1) is 0 Å². The molecule has 1 heterocycles. The van der Waals surface area contributed by atoms with E-state index in [0.717, 1.165) is 24.6 Å². The van der Waals surface area contributed by atoms with E-state index in [2.05, 4.69) is 29.4 Å². The molecule has 0 atom stereocenters. The molecule has 2 N–H and O–H groups in total. The maximum Gasteiger partial charge on any atom is 0.203 e. The van der Waals surface area contributed by atoms with Gasteiger partial charge in [-0.05, 0) is 69.4 Å². The molecule has 29 heavy (non-hydrogen) atoms. The minimum Gasteiger partial charge on any atom is -0.493 e. The maximum absolute atomic E-state index is 5.44. The Bertz CT molecular complexity index is 618. The topological polar surface area (TPSA) is 67.4 Å². The van der Waals surface area contributed by atoms with Crippen LogP contribution in [0.15, 0.2) is 17.1 Å². The molecular formula is C22H38N4O3. The van der Waals surface area contributed by atoms with Gasteiger partial charge in [-0.1, -0.05) is 6.92 Å². The third-order valence-corrected chi connectivity index (χ3v) is 5.29. The van der Waals surface area contributed by atoms with Gasteiger partial charge in [0.1, 0.15) is 0 Å². The fraction of sp³-hybridized carbons (Fsp3) is 0.682. The molecule has 164 valence electrons. The van der Waals surface area contributed by atoms with Crippen LogP contribution in [0.5, 0.6) is 17.2 Å². The minimum absolute atomic E-state index is 0.529. The average Bonchev–Trinajstić information content (AvgIpc) is 2.76. The van der Waals surface area contributed by atoms with Crippen LogP contribution in [0.4, 0.5) is 0 Å². The van der Waals surface area contributed by atoms with Gasteiger partial charge in [-0.25, -0.2) is 4.99 Å². The van der Waals surface area contributed by atoms with Crippen molar-refractivity contribution in [2.75, 3.05) is 54.1 Å². The molecule has 0 aromatic heterocycles. The molecule has 2 rings (SSSR count). The first-order valence-corrected chi connectivity index (χ1v) is 10.7. The van der Waals surface area contributed by atoms with Crippen LogP contribution in [0.25, 0.3) is 0 Å². The summed E-state index contributed by atoms with van der Waals surface area (Å²) in [4.78, 5) is 7.32. The minimum atomic E-state index is 0.529. The molecule has 7 nitrogen and oxygen atoms in total. The predicted molar refractivity (Wildman–Crippen MR) is 118 cm³/mol. The lowest BCUT2D eigenvalue weighted by molar-refractivity contribution is 0.185. The van der Waals surface area contributed by atoms with Gasteiger partial charge in [0.15, 0.2) is 17.5 Å². The molecule has 1 aliphatic rings. The van der Waals surface area contributed by atoms with E-state index >= 15 is 0 Å². The molecule has 0 amide bonds. The van der Waals surface area contributed by atoms with Crippen LogP contribution in [0, 0.1) is 5.92 Å². The van der Waals surface area contributed by atoms with Crippen LogP contribution in [-0.4, -0.2) is 64.9 Å². The second kappa shape index (κ2) is 12.4. The largest absolute Gasteiger partial charge is 0.493 e. The Morgan fingerprint density at radius 3 is 2.21 bits per heavy atom. The Balaban J connectivity index is 1.97. The Morgan fingerprint density at radius 2 is 1.69 bits per heavy atom. The summed E-state index contributed by atoms with van der Waals surface area (Å²) in [5.41, 5.74) is 1.00. The zero-order valence-electron chi connectivity index (χ0n) is 18.7. The fourth-order valence-electron chi connectivity index (χ4n) is 3.71. The van der Waals surface area contributed by atoms with E-state index in [4.69, 9.17) is 19.2 Å². The predicted octanol–water partition coefficient (Wildman–Crippen LogP) is 2.89. The molecule has 0 unspecified atom stereocenters. The second-order valence-electron chi connectivity index (χ2n) is 7.39. The number of nitrogens with zero attached hydrogens (tertiary/aromatic N) is 2. The van der Waals surface area contributed by atoms with E-state index in [1.807, 2.05) is 12.1 Å². The Labute approximate surface area is 175 Å². The molecule has 0 aliphatic carbocycles. The lowest BCUT2D eigenvalue weighted by Crippen LogP contribution is -2.43. The molecule has 0 spiro atoms. The first kappa shape index (κ1) is 23.1. The highest BCUT2D eigenvalue weighted by Crippen LogP contribution is 2.38. The normalized spacial score (nSPS) is 15.8. The number of rotatable bonds is 10. The van der Waals surface area contributed by atoms with E-state index in [9.17, 15) is 0 Å². The Morgan fingerprint density at radius 1 is 1.03 bits per heavy atom. The number of benzene rings is 1. The van der Waals surface area contributed by atoms with Crippen LogP contribution in [0.1, 0.15) is 38.7 Å². The van der Waals surface area contributed by atoms with Crippen molar-refractivity contribution in [3.63, 3.8) is 0 Å². The van der Waals surface area contributed by atoms with Gasteiger partial charge in [-0.2, -0.15) is 0 Å². The van der Waals surface area contributed by atoms with Crippen molar-refractivity contribution >= 4 is 5.96 Å². The summed E-state index contributed by atoms with van der Waals surface area (Å²) in [6.45, 7) is 10.3. The lowest BCUT2D eigenvalue weighted by atomic mass is 9.97. The Hall–Kier alpha value is -2.15. The standard InChI is InChI=1S/C22H38N4O3/c1-6-10-26-11-8-17(9-12-26)15-24-22(23-7-2)25-16-18-13-19(27-3)21(29-5)20(14-18)28-4/h13-14,17H,6-12,15-16H2,1-5H3,(H2,23,24,25). The highest BCUT2D eigenvalue weighted by atomic mass is 16.5. The molecule has 1 aromatic carbocycles. The van der Waals surface area contributed by atoms with E-state index < -0.39 is 0 Å². The number of hydrogen-bond acceptors (Lipinski definition) is 5. The zero-order valence-corrected chi connectivity index (χ0v) is 18.7. The van der Waals surface area contributed by atoms with Crippen LogP contribution < -0.4 is 24.8 Å². The molecule has 1 aliphatic heterocycles. The third-order valence-electron chi connectivity index (χ3n) is 5.29.